The molecule has 2 rings (SSSR count). The van der Waals surface area contributed by atoms with Crippen LogP contribution in [0.15, 0.2) is 42.2 Å². The third-order valence-corrected chi connectivity index (χ3v) is 2.15. The van der Waals surface area contributed by atoms with Crippen LogP contribution in [0.5, 0.6) is 11.5 Å². The van der Waals surface area contributed by atoms with Crippen LogP contribution in [0.25, 0.3) is 0 Å². The summed E-state index contributed by atoms with van der Waals surface area (Å²) >= 11 is 0. The van der Waals surface area contributed by atoms with Gasteiger partial charge in [-0.3, -0.25) is 0 Å². The fourth-order valence-corrected chi connectivity index (χ4v) is 1.52. The van der Waals surface area contributed by atoms with Crippen LogP contribution in [0.4, 0.5) is 0 Å². The van der Waals surface area contributed by atoms with Gasteiger partial charge in [-0.25, -0.2) is 6.08 Å². The van der Waals surface area contributed by atoms with E-state index in [9.17, 15) is 0 Å². The molecular formula is C15H19Cl2O2Ti-. The van der Waals surface area contributed by atoms with Gasteiger partial charge in [0.2, 0.25) is 0 Å². The van der Waals surface area contributed by atoms with Gasteiger partial charge in [0.25, 0.3) is 0 Å². The average Bonchev–Trinajstić information content (AvgIpc) is 2.71. The fraction of sp³-hybridized carbons (Fsp3) is 0.333. The minimum Gasteiger partial charge on any atom is -0.492 e. The van der Waals surface area contributed by atoms with Crippen LogP contribution in [-0.2, 0) is 21.7 Å². The number of ether oxygens (including phenoxy) is 2. The Balaban J connectivity index is 0. The van der Waals surface area contributed by atoms with Crippen molar-refractivity contribution in [2.75, 3.05) is 0 Å². The second-order valence-corrected chi connectivity index (χ2v) is 4.91. The standard InChI is InChI=1S/C15H17O2.2ClH.Ti/c1-15(2,3)17-14-11-7-6-10-13(14)16-12-8-4-5-9-12;;;/h4,6-8,10-11H,5H2,1-3H3;2*1H;/q-1;;;. The Morgan fingerprint density at radius 2 is 1.65 bits per heavy atom. The Kier molecular flexibility index (Phi) is 10.4. The summed E-state index contributed by atoms with van der Waals surface area (Å²) in [5.41, 5.74) is -0.233. The SMILES string of the molecule is CC(C)(C)Oc1ccccc1OC1=[C-]CC=C1.Cl.Cl.[Ti]. The predicted molar refractivity (Wildman–Crippen MR) is 82.5 cm³/mol. The van der Waals surface area contributed by atoms with Gasteiger partial charge in [0.15, 0.2) is 11.5 Å². The van der Waals surface area contributed by atoms with E-state index in [4.69, 9.17) is 9.47 Å². The summed E-state index contributed by atoms with van der Waals surface area (Å²) in [5.74, 6) is 2.25. The molecule has 1 aliphatic carbocycles. The Labute approximate surface area is 148 Å². The molecule has 0 bridgehead atoms. The molecule has 0 aliphatic heterocycles. The molecule has 0 aromatic heterocycles. The Morgan fingerprint density at radius 1 is 1.05 bits per heavy atom. The van der Waals surface area contributed by atoms with Gasteiger partial charge in [0.05, 0.1) is 0 Å². The van der Waals surface area contributed by atoms with E-state index in [-0.39, 0.29) is 52.1 Å². The van der Waals surface area contributed by atoms with Gasteiger partial charge in [-0.2, -0.15) is 12.2 Å². The smallest absolute Gasteiger partial charge is 0.164 e. The summed E-state index contributed by atoms with van der Waals surface area (Å²) in [4.78, 5) is 0. The van der Waals surface area contributed by atoms with Crippen molar-refractivity contribution in [3.05, 3.63) is 48.3 Å². The Hall–Kier alpha value is -0.406. The molecule has 110 valence electrons. The zero-order chi connectivity index (χ0) is 12.3. The first-order valence-electron chi connectivity index (χ1n) is 5.78. The molecule has 5 heteroatoms. The molecule has 0 heterocycles. The third kappa shape index (κ3) is 6.85. The molecule has 0 saturated carbocycles. The summed E-state index contributed by atoms with van der Waals surface area (Å²) in [6.45, 7) is 6.06. The normalized spacial score (nSPS) is 12.4. The van der Waals surface area contributed by atoms with Crippen molar-refractivity contribution in [1.82, 2.24) is 0 Å². The number of hydrogen-bond acceptors (Lipinski definition) is 2. The van der Waals surface area contributed by atoms with E-state index in [1.165, 1.54) is 0 Å². The molecule has 0 spiro atoms. The van der Waals surface area contributed by atoms with Crippen LogP contribution in [0, 0.1) is 6.08 Å². The number of para-hydroxylation sites is 2. The topological polar surface area (TPSA) is 18.5 Å². The van der Waals surface area contributed by atoms with Crippen LogP contribution in [-0.4, -0.2) is 5.60 Å². The number of benzene rings is 1. The molecule has 20 heavy (non-hydrogen) atoms. The molecule has 0 fully saturated rings. The van der Waals surface area contributed by atoms with Gasteiger partial charge in [-0.15, -0.1) is 31.2 Å². The maximum Gasteiger partial charge on any atom is 0.164 e. The van der Waals surface area contributed by atoms with Crippen molar-refractivity contribution in [1.29, 1.82) is 0 Å². The third-order valence-electron chi connectivity index (χ3n) is 2.15. The minimum absolute atomic E-state index is 0. The average molecular weight is 350 g/mol. The Morgan fingerprint density at radius 3 is 2.15 bits per heavy atom. The summed E-state index contributed by atoms with van der Waals surface area (Å²) in [5, 5.41) is 0. The quantitative estimate of drug-likeness (QED) is 0.580. The zero-order valence-corrected chi connectivity index (χ0v) is 15.0. The monoisotopic (exact) mass is 349 g/mol. The second-order valence-electron chi connectivity index (χ2n) is 4.91. The second kappa shape index (κ2) is 9.52. The van der Waals surface area contributed by atoms with Crippen LogP contribution >= 0.6 is 24.8 Å². The predicted octanol–water partition coefficient (Wildman–Crippen LogP) is 4.73. The van der Waals surface area contributed by atoms with Gasteiger partial charge < -0.3 is 9.47 Å². The molecule has 1 aromatic carbocycles. The first-order valence-corrected chi connectivity index (χ1v) is 5.78. The maximum atomic E-state index is 5.85. The summed E-state index contributed by atoms with van der Waals surface area (Å²) in [6.07, 6.45) is 7.88. The van der Waals surface area contributed by atoms with Crippen molar-refractivity contribution < 1.29 is 31.2 Å². The summed E-state index contributed by atoms with van der Waals surface area (Å²) < 4.78 is 11.6. The number of rotatable bonds is 3. The molecule has 0 atom stereocenters. The van der Waals surface area contributed by atoms with Gasteiger partial charge >= 0.3 is 0 Å². The van der Waals surface area contributed by atoms with E-state index in [0.29, 0.717) is 0 Å². The molecule has 0 amide bonds. The van der Waals surface area contributed by atoms with Gasteiger partial charge in [0.1, 0.15) is 5.60 Å². The first kappa shape index (κ1) is 21.9. The van der Waals surface area contributed by atoms with Crippen molar-refractivity contribution in [3.63, 3.8) is 0 Å². The molecule has 1 aromatic rings. The molecular weight excluding hydrogens is 331 g/mol. The molecule has 2 nitrogen and oxygen atoms in total. The molecule has 1 aliphatic rings. The number of halogens is 2. The molecule has 0 radical (unpaired) electrons. The molecule has 0 N–H and O–H groups in total. The van der Waals surface area contributed by atoms with Gasteiger partial charge in [-0.05, 0) is 38.7 Å². The van der Waals surface area contributed by atoms with E-state index >= 15 is 0 Å². The minimum atomic E-state index is -0.233. The van der Waals surface area contributed by atoms with Crippen molar-refractivity contribution in [2.24, 2.45) is 0 Å². The molecule has 0 unspecified atom stereocenters. The summed E-state index contributed by atoms with van der Waals surface area (Å²) in [7, 11) is 0. The van der Waals surface area contributed by atoms with Crippen molar-refractivity contribution >= 4 is 24.8 Å². The van der Waals surface area contributed by atoms with E-state index in [2.05, 4.69) is 6.08 Å². The fourth-order valence-electron chi connectivity index (χ4n) is 1.52. The maximum absolute atomic E-state index is 5.85. The van der Waals surface area contributed by atoms with E-state index < -0.39 is 0 Å². The van der Waals surface area contributed by atoms with Gasteiger partial charge in [0, 0.05) is 21.7 Å². The Bertz CT molecular complexity index is 465. The van der Waals surface area contributed by atoms with Crippen LogP contribution < -0.4 is 9.47 Å². The number of allylic oxidation sites excluding steroid dienone is 3. The van der Waals surface area contributed by atoms with E-state index in [1.807, 2.05) is 57.2 Å². The van der Waals surface area contributed by atoms with Crippen molar-refractivity contribution in [3.8, 4) is 11.5 Å². The zero-order valence-electron chi connectivity index (χ0n) is 11.8. The summed E-state index contributed by atoms with van der Waals surface area (Å²) in [6, 6.07) is 7.70. The van der Waals surface area contributed by atoms with E-state index in [1.54, 1.807) is 0 Å². The first-order chi connectivity index (χ1) is 8.04. The van der Waals surface area contributed by atoms with Gasteiger partial charge in [-0.1, -0.05) is 12.1 Å². The van der Waals surface area contributed by atoms with E-state index in [0.717, 1.165) is 23.7 Å². The molecule has 0 saturated heterocycles. The number of hydrogen-bond donors (Lipinski definition) is 0. The van der Waals surface area contributed by atoms with Crippen LogP contribution in [0.1, 0.15) is 27.2 Å². The van der Waals surface area contributed by atoms with Crippen molar-refractivity contribution in [2.45, 2.75) is 32.8 Å². The van der Waals surface area contributed by atoms with Crippen LogP contribution in [0.3, 0.4) is 0 Å². The largest absolute Gasteiger partial charge is 0.492 e. The van der Waals surface area contributed by atoms with Crippen LogP contribution in [0.2, 0.25) is 0 Å².